The number of hydrogen-bond donors (Lipinski definition) is 1. The van der Waals surface area contributed by atoms with Crippen molar-refractivity contribution >= 4 is 22.7 Å². The van der Waals surface area contributed by atoms with Crippen molar-refractivity contribution in [1.82, 2.24) is 0 Å². The summed E-state index contributed by atoms with van der Waals surface area (Å²) in [6.07, 6.45) is 2.75. The van der Waals surface area contributed by atoms with Gasteiger partial charge in [-0.1, -0.05) is 30.3 Å². The highest BCUT2D eigenvalue weighted by molar-refractivity contribution is 7.60. The van der Waals surface area contributed by atoms with Crippen LogP contribution in [0.4, 0.5) is 0 Å². The highest BCUT2D eigenvalue weighted by Crippen LogP contribution is 2.22. The molecule has 3 heteroatoms. The van der Waals surface area contributed by atoms with Crippen LogP contribution in [0.3, 0.4) is 0 Å². The van der Waals surface area contributed by atoms with E-state index < -0.39 is 0 Å². The van der Waals surface area contributed by atoms with Crippen LogP contribution in [0.5, 0.6) is 5.75 Å². The van der Waals surface area contributed by atoms with Crippen LogP contribution in [0.25, 0.3) is 10.8 Å². The second kappa shape index (κ2) is 4.94. The lowest BCUT2D eigenvalue weighted by Gasteiger charge is -2.03. The molecule has 0 fully saturated rings. The Morgan fingerprint density at radius 3 is 2.69 bits per heavy atom. The van der Waals surface area contributed by atoms with Crippen molar-refractivity contribution in [2.45, 2.75) is 6.42 Å². The molecule has 16 heavy (non-hydrogen) atoms. The van der Waals surface area contributed by atoms with Crippen LogP contribution in [0.2, 0.25) is 0 Å². The first-order valence-electron chi connectivity index (χ1n) is 4.97. The van der Waals surface area contributed by atoms with Crippen LogP contribution >= 0.6 is 0 Å². The highest BCUT2D eigenvalue weighted by Gasteiger charge is 1.98. The van der Waals surface area contributed by atoms with E-state index in [1.165, 1.54) is 5.56 Å². The Bertz CT molecular complexity index is 485. The lowest BCUT2D eigenvalue weighted by atomic mass is 10.1. The van der Waals surface area contributed by atoms with Crippen LogP contribution in [-0.4, -0.2) is 4.21 Å². The monoisotopic (exact) mass is 232 g/mol. The third kappa shape index (κ3) is 2.31. The second-order valence-corrected chi connectivity index (χ2v) is 3.83. The summed E-state index contributed by atoms with van der Waals surface area (Å²) in [5.74, 6) is 0.612. The van der Waals surface area contributed by atoms with Gasteiger partial charge in [0.2, 0.25) is 0 Å². The van der Waals surface area contributed by atoms with Crippen molar-refractivity contribution in [2.75, 3.05) is 0 Å². The van der Waals surface area contributed by atoms with Gasteiger partial charge < -0.3 is 4.18 Å². The Morgan fingerprint density at radius 2 is 1.94 bits per heavy atom. The largest absolute Gasteiger partial charge is 0.403 e. The van der Waals surface area contributed by atoms with E-state index in [4.69, 9.17) is 4.18 Å². The van der Waals surface area contributed by atoms with Crippen LogP contribution in [-0.2, 0) is 18.4 Å². The average Bonchev–Trinajstić information content (AvgIpc) is 2.30. The van der Waals surface area contributed by atoms with Gasteiger partial charge in [-0.15, -0.1) is 6.58 Å². The molecule has 0 aliphatic heterocycles. The van der Waals surface area contributed by atoms with Gasteiger partial charge in [0.15, 0.2) is 11.9 Å². The summed E-state index contributed by atoms with van der Waals surface area (Å²) in [6, 6.07) is 11.9. The van der Waals surface area contributed by atoms with E-state index in [2.05, 4.69) is 18.7 Å². The molecule has 2 aromatic rings. The Kier molecular flexibility index (Phi) is 3.37. The SMILES string of the molecule is C=CCc1ccc2cc(O[SH]=O)ccc2c1. The van der Waals surface area contributed by atoms with Gasteiger partial charge in [0, 0.05) is 0 Å². The van der Waals surface area contributed by atoms with Crippen molar-refractivity contribution < 1.29 is 8.39 Å². The fraction of sp³-hybridized carbons (Fsp3) is 0.0769. The smallest absolute Gasteiger partial charge is 0.193 e. The molecule has 2 aromatic carbocycles. The molecule has 0 N–H and O–H groups in total. The van der Waals surface area contributed by atoms with E-state index in [0.29, 0.717) is 5.75 Å². The third-order valence-corrected chi connectivity index (χ3v) is 2.68. The molecule has 0 unspecified atom stereocenters. The molecule has 0 aromatic heterocycles. The molecular formula is C13H12O2S. The standard InChI is InChI=1S/C13H12O2S/c1-2-3-10-4-5-12-9-13(15-16-14)7-6-11(12)8-10/h2,4-9,16H,1,3H2. The number of allylic oxidation sites excluding steroid dienone is 1. The average molecular weight is 232 g/mol. The van der Waals surface area contributed by atoms with Crippen molar-refractivity contribution in [2.24, 2.45) is 0 Å². The van der Waals surface area contributed by atoms with E-state index in [1.807, 2.05) is 30.3 Å². The van der Waals surface area contributed by atoms with Gasteiger partial charge in [-0.2, -0.15) is 0 Å². The quantitative estimate of drug-likeness (QED) is 0.648. The number of rotatable bonds is 4. The van der Waals surface area contributed by atoms with Crippen LogP contribution in [0, 0.1) is 0 Å². The molecule has 82 valence electrons. The van der Waals surface area contributed by atoms with Crippen molar-refractivity contribution in [3.05, 3.63) is 54.6 Å². The molecule has 0 radical (unpaired) electrons. The second-order valence-electron chi connectivity index (χ2n) is 3.50. The van der Waals surface area contributed by atoms with Gasteiger partial charge in [-0.05, 0) is 34.9 Å². The first-order chi connectivity index (χ1) is 7.83. The normalized spacial score (nSPS) is 10.2. The van der Waals surface area contributed by atoms with E-state index in [9.17, 15) is 4.21 Å². The van der Waals surface area contributed by atoms with Crippen molar-refractivity contribution in [3.8, 4) is 5.75 Å². The Balaban J connectivity index is 2.43. The Morgan fingerprint density at radius 1 is 1.19 bits per heavy atom. The van der Waals surface area contributed by atoms with E-state index in [0.717, 1.165) is 17.2 Å². The van der Waals surface area contributed by atoms with Gasteiger partial charge in [0.1, 0.15) is 5.75 Å². The minimum absolute atomic E-state index is 0.324. The lowest BCUT2D eigenvalue weighted by Crippen LogP contribution is -1.85. The number of benzene rings is 2. The number of thiol groups is 1. The fourth-order valence-corrected chi connectivity index (χ4v) is 1.87. The van der Waals surface area contributed by atoms with Gasteiger partial charge in [0.25, 0.3) is 0 Å². The van der Waals surface area contributed by atoms with Crippen LogP contribution in [0.15, 0.2) is 49.1 Å². The zero-order valence-electron chi connectivity index (χ0n) is 8.72. The third-order valence-electron chi connectivity index (χ3n) is 2.40. The molecule has 0 amide bonds. The maximum Gasteiger partial charge on any atom is 0.193 e. The molecule has 0 saturated heterocycles. The lowest BCUT2D eigenvalue weighted by molar-refractivity contribution is 0.582. The minimum atomic E-state index is -0.324. The van der Waals surface area contributed by atoms with Gasteiger partial charge >= 0.3 is 0 Å². The summed E-state index contributed by atoms with van der Waals surface area (Å²) in [5.41, 5.74) is 1.23. The molecule has 0 saturated carbocycles. The van der Waals surface area contributed by atoms with E-state index in [-0.39, 0.29) is 11.9 Å². The molecule has 2 rings (SSSR count). The number of hydrogen-bond acceptors (Lipinski definition) is 2. The topological polar surface area (TPSA) is 26.3 Å². The first kappa shape index (κ1) is 10.9. The number of fused-ring (bicyclic) bond motifs is 1. The van der Waals surface area contributed by atoms with E-state index in [1.54, 1.807) is 0 Å². The molecular weight excluding hydrogens is 220 g/mol. The molecule has 0 spiro atoms. The predicted molar refractivity (Wildman–Crippen MR) is 68.0 cm³/mol. The van der Waals surface area contributed by atoms with Crippen LogP contribution < -0.4 is 4.18 Å². The zero-order chi connectivity index (χ0) is 11.4. The molecule has 0 heterocycles. The summed E-state index contributed by atoms with van der Waals surface area (Å²) in [6.45, 7) is 3.72. The molecule has 0 aliphatic carbocycles. The van der Waals surface area contributed by atoms with Gasteiger partial charge in [0.05, 0.1) is 0 Å². The summed E-state index contributed by atoms with van der Waals surface area (Å²) >= 11 is -0.324. The predicted octanol–water partition coefficient (Wildman–Crippen LogP) is 2.81. The summed E-state index contributed by atoms with van der Waals surface area (Å²) in [4.78, 5) is 0. The maximum atomic E-state index is 10.3. The molecule has 2 nitrogen and oxygen atoms in total. The highest BCUT2D eigenvalue weighted by atomic mass is 32.2. The Hall–Kier alpha value is -1.61. The molecule has 0 bridgehead atoms. The van der Waals surface area contributed by atoms with Gasteiger partial charge in [-0.3, -0.25) is 0 Å². The minimum Gasteiger partial charge on any atom is -0.403 e. The van der Waals surface area contributed by atoms with Crippen LogP contribution in [0.1, 0.15) is 5.56 Å². The molecule has 0 atom stereocenters. The molecule has 0 aliphatic rings. The van der Waals surface area contributed by atoms with E-state index >= 15 is 0 Å². The summed E-state index contributed by atoms with van der Waals surface area (Å²) in [5, 5.41) is 2.23. The first-order valence-corrected chi connectivity index (χ1v) is 5.70. The van der Waals surface area contributed by atoms with Crippen molar-refractivity contribution in [3.63, 3.8) is 0 Å². The zero-order valence-corrected chi connectivity index (χ0v) is 9.61. The Labute approximate surface area is 98.2 Å². The fourth-order valence-electron chi connectivity index (χ4n) is 1.67. The summed E-state index contributed by atoms with van der Waals surface area (Å²) in [7, 11) is 0. The maximum absolute atomic E-state index is 10.3. The van der Waals surface area contributed by atoms with Crippen molar-refractivity contribution in [1.29, 1.82) is 0 Å². The summed E-state index contributed by atoms with van der Waals surface area (Å²) < 4.78 is 15.2. The van der Waals surface area contributed by atoms with Gasteiger partial charge in [-0.25, -0.2) is 4.21 Å².